The minimum absolute atomic E-state index is 0.101. The van der Waals surface area contributed by atoms with Crippen molar-refractivity contribution in [3.63, 3.8) is 0 Å². The number of amides is 1. The van der Waals surface area contributed by atoms with E-state index in [1.807, 2.05) is 91.2 Å². The number of benzene rings is 3. The van der Waals surface area contributed by atoms with Crippen molar-refractivity contribution in [2.24, 2.45) is 0 Å². The fraction of sp³-hybridized carbons (Fsp3) is 0.231. The third-order valence-electron chi connectivity index (χ3n) is 5.57. The average molecular weight is 414 g/mol. The molecule has 0 unspecified atom stereocenters. The summed E-state index contributed by atoms with van der Waals surface area (Å²) in [7, 11) is 0. The highest BCUT2D eigenvalue weighted by molar-refractivity contribution is 5.97. The number of carbonyl (C=O) groups is 1. The molecule has 1 aromatic heterocycles. The Morgan fingerprint density at radius 3 is 2.13 bits per heavy atom. The highest BCUT2D eigenvalue weighted by Gasteiger charge is 2.38. The predicted octanol–water partition coefficient (Wildman–Crippen LogP) is 4.48. The summed E-state index contributed by atoms with van der Waals surface area (Å²) in [6, 6.07) is 24.7. The van der Waals surface area contributed by atoms with Crippen molar-refractivity contribution in [3.8, 4) is 0 Å². The zero-order valence-corrected chi connectivity index (χ0v) is 17.9. The molecule has 0 atom stereocenters. The fourth-order valence-electron chi connectivity index (χ4n) is 3.98. The van der Waals surface area contributed by atoms with E-state index in [1.54, 1.807) is 6.07 Å². The zero-order valence-electron chi connectivity index (χ0n) is 17.9. The van der Waals surface area contributed by atoms with Gasteiger partial charge in [0.1, 0.15) is 0 Å². The summed E-state index contributed by atoms with van der Waals surface area (Å²) in [5, 5.41) is 15.1. The smallest absolute Gasteiger partial charge is 0.251 e. The first-order valence-corrected chi connectivity index (χ1v) is 10.7. The first-order valence-electron chi connectivity index (χ1n) is 10.7. The number of fused-ring (bicyclic) bond motifs is 1. The molecule has 1 heterocycles. The van der Waals surface area contributed by atoms with Crippen molar-refractivity contribution in [1.29, 1.82) is 0 Å². The Balaban J connectivity index is 1.93. The van der Waals surface area contributed by atoms with Crippen LogP contribution in [0.25, 0.3) is 11.0 Å². The summed E-state index contributed by atoms with van der Waals surface area (Å²) < 4.78 is 1.99. The third kappa shape index (κ3) is 3.73. The van der Waals surface area contributed by atoms with Gasteiger partial charge in [-0.3, -0.25) is 4.79 Å². The number of aryl methyl sites for hydroxylation is 1. The number of nitrogens with one attached hydrogen (secondary N) is 1. The van der Waals surface area contributed by atoms with Gasteiger partial charge in [0.15, 0.2) is 11.4 Å². The quantitative estimate of drug-likeness (QED) is 0.469. The summed E-state index contributed by atoms with van der Waals surface area (Å²) in [6.07, 6.45) is 0.881. The Bertz CT molecular complexity index is 1140. The highest BCUT2D eigenvalue weighted by atomic mass is 16.3. The zero-order chi connectivity index (χ0) is 21.8. The first-order chi connectivity index (χ1) is 15.1. The molecule has 5 nitrogen and oxygen atoms in total. The van der Waals surface area contributed by atoms with Crippen LogP contribution in [0.5, 0.6) is 0 Å². The fourth-order valence-corrected chi connectivity index (χ4v) is 3.98. The Kier molecular flexibility index (Phi) is 5.87. The highest BCUT2D eigenvalue weighted by Crippen LogP contribution is 2.37. The van der Waals surface area contributed by atoms with Gasteiger partial charge in [-0.2, -0.15) is 0 Å². The molecule has 1 amide bonds. The van der Waals surface area contributed by atoms with Crippen LogP contribution in [0.1, 0.15) is 47.6 Å². The average Bonchev–Trinajstić information content (AvgIpc) is 3.21. The normalized spacial score (nSPS) is 11.6. The van der Waals surface area contributed by atoms with Crippen molar-refractivity contribution in [2.45, 2.75) is 32.4 Å². The maximum atomic E-state index is 12.5. The number of aromatic nitrogens is 2. The molecule has 3 aromatic carbocycles. The molecule has 5 heteroatoms. The van der Waals surface area contributed by atoms with E-state index in [-0.39, 0.29) is 5.91 Å². The van der Waals surface area contributed by atoms with E-state index < -0.39 is 5.60 Å². The van der Waals surface area contributed by atoms with Crippen molar-refractivity contribution < 1.29 is 9.90 Å². The Hall–Kier alpha value is -3.44. The minimum atomic E-state index is -1.43. The van der Waals surface area contributed by atoms with Gasteiger partial charge in [0.2, 0.25) is 0 Å². The van der Waals surface area contributed by atoms with E-state index in [9.17, 15) is 9.90 Å². The monoisotopic (exact) mass is 413 g/mol. The maximum Gasteiger partial charge on any atom is 0.251 e. The van der Waals surface area contributed by atoms with Gasteiger partial charge in [-0.15, -0.1) is 0 Å². The van der Waals surface area contributed by atoms with Crippen molar-refractivity contribution in [2.75, 3.05) is 6.54 Å². The molecule has 2 N–H and O–H groups in total. The van der Waals surface area contributed by atoms with Crippen LogP contribution < -0.4 is 5.32 Å². The molecule has 0 radical (unpaired) electrons. The summed E-state index contributed by atoms with van der Waals surface area (Å²) in [5.41, 5.74) is 2.22. The lowest BCUT2D eigenvalue weighted by Crippen LogP contribution is -2.32. The van der Waals surface area contributed by atoms with Gasteiger partial charge in [-0.1, -0.05) is 67.6 Å². The molecule has 31 heavy (non-hydrogen) atoms. The van der Waals surface area contributed by atoms with E-state index in [0.717, 1.165) is 28.6 Å². The van der Waals surface area contributed by atoms with Crippen LogP contribution in [0.3, 0.4) is 0 Å². The molecule has 0 aliphatic carbocycles. The molecule has 0 saturated carbocycles. The summed E-state index contributed by atoms with van der Waals surface area (Å²) in [5.74, 6) is 0.434. The van der Waals surface area contributed by atoms with Crippen LogP contribution in [0, 0.1) is 0 Å². The van der Waals surface area contributed by atoms with Gasteiger partial charge in [0.25, 0.3) is 5.91 Å². The van der Waals surface area contributed by atoms with E-state index >= 15 is 0 Å². The standard InChI is InChI=1S/C26H27N3O2/c1-3-17-27-24(30)19-15-16-22-23(18-19)29(4-2)25(28-22)26(31,20-11-7-5-8-12-20)21-13-9-6-10-14-21/h5-16,18,31H,3-4,17H2,1-2H3,(H,27,30). The molecular formula is C26H27N3O2. The summed E-state index contributed by atoms with van der Waals surface area (Å²) in [4.78, 5) is 17.4. The largest absolute Gasteiger partial charge is 0.373 e. The lowest BCUT2D eigenvalue weighted by molar-refractivity contribution is 0.0953. The van der Waals surface area contributed by atoms with Gasteiger partial charge in [0.05, 0.1) is 11.0 Å². The molecule has 0 spiro atoms. The van der Waals surface area contributed by atoms with Crippen molar-refractivity contribution in [3.05, 3.63) is 101 Å². The van der Waals surface area contributed by atoms with E-state index in [1.165, 1.54) is 0 Å². The van der Waals surface area contributed by atoms with Crippen molar-refractivity contribution >= 4 is 16.9 Å². The van der Waals surface area contributed by atoms with Crippen LogP contribution in [0.4, 0.5) is 0 Å². The lowest BCUT2D eigenvalue weighted by Gasteiger charge is -2.29. The van der Waals surface area contributed by atoms with Crippen LogP contribution in [-0.2, 0) is 12.1 Å². The molecule has 0 bridgehead atoms. The third-order valence-corrected chi connectivity index (χ3v) is 5.57. The number of hydrogen-bond acceptors (Lipinski definition) is 3. The SMILES string of the molecule is CCCNC(=O)c1ccc2nc(C(O)(c3ccccc3)c3ccccc3)n(CC)c2c1. The van der Waals surface area contributed by atoms with Crippen LogP contribution >= 0.6 is 0 Å². The lowest BCUT2D eigenvalue weighted by atomic mass is 9.85. The number of carbonyl (C=O) groups excluding carboxylic acids is 1. The Morgan fingerprint density at radius 2 is 1.58 bits per heavy atom. The van der Waals surface area contributed by atoms with Gasteiger partial charge < -0.3 is 15.0 Å². The van der Waals surface area contributed by atoms with Crippen molar-refractivity contribution in [1.82, 2.24) is 14.9 Å². The minimum Gasteiger partial charge on any atom is -0.373 e. The second kappa shape index (κ2) is 8.74. The van der Waals surface area contributed by atoms with E-state index in [2.05, 4.69) is 5.32 Å². The number of imidazole rings is 1. The molecule has 4 rings (SSSR count). The second-order valence-corrected chi connectivity index (χ2v) is 7.58. The molecular weight excluding hydrogens is 386 g/mol. The first kappa shape index (κ1) is 20.8. The Morgan fingerprint density at radius 1 is 0.968 bits per heavy atom. The van der Waals surface area contributed by atoms with Gasteiger partial charge >= 0.3 is 0 Å². The molecule has 0 aliphatic heterocycles. The molecule has 4 aromatic rings. The molecule has 0 saturated heterocycles. The van der Waals surface area contributed by atoms with Gasteiger partial charge in [-0.05, 0) is 42.7 Å². The van der Waals surface area contributed by atoms with Gasteiger partial charge in [0, 0.05) is 18.7 Å². The molecule has 0 fully saturated rings. The molecule has 158 valence electrons. The van der Waals surface area contributed by atoms with E-state index in [0.29, 0.717) is 24.5 Å². The van der Waals surface area contributed by atoms with Crippen LogP contribution in [-0.4, -0.2) is 27.1 Å². The maximum absolute atomic E-state index is 12.5. The second-order valence-electron chi connectivity index (χ2n) is 7.58. The van der Waals surface area contributed by atoms with Gasteiger partial charge in [-0.25, -0.2) is 4.98 Å². The topological polar surface area (TPSA) is 67.2 Å². The summed E-state index contributed by atoms with van der Waals surface area (Å²) >= 11 is 0. The number of rotatable bonds is 7. The number of nitrogens with zero attached hydrogens (tertiary/aromatic N) is 2. The summed E-state index contributed by atoms with van der Waals surface area (Å²) in [6.45, 7) is 5.28. The number of aliphatic hydroxyl groups is 1. The predicted molar refractivity (Wildman–Crippen MR) is 123 cm³/mol. The Labute approximate surface area is 182 Å². The number of hydrogen-bond donors (Lipinski definition) is 2. The molecule has 0 aliphatic rings. The van der Waals surface area contributed by atoms with E-state index in [4.69, 9.17) is 4.98 Å². The van der Waals surface area contributed by atoms with Crippen LogP contribution in [0.15, 0.2) is 78.9 Å². The van der Waals surface area contributed by atoms with Crippen LogP contribution in [0.2, 0.25) is 0 Å².